The maximum atomic E-state index is 10.6. The molecular formula is C6H11BrIKO2. The molecule has 5 heteroatoms. The van der Waals surface area contributed by atoms with Crippen LogP contribution < -0.4 is 0 Å². The van der Waals surface area contributed by atoms with E-state index in [4.69, 9.17) is 4.74 Å². The average molecular weight is 361 g/mol. The van der Waals surface area contributed by atoms with Gasteiger partial charge in [-0.25, -0.2) is 0 Å². The second kappa shape index (κ2) is 8.89. The van der Waals surface area contributed by atoms with Gasteiger partial charge in [-0.1, -0.05) is 15.9 Å². The fraction of sp³-hybridized carbons (Fsp3) is 0.833. The summed E-state index contributed by atoms with van der Waals surface area (Å²) < 4.78 is 4.90. The second-order valence-corrected chi connectivity index (χ2v) is 3.28. The number of alkyl halides is 1. The normalized spacial score (nSPS) is 9.73. The molecule has 0 spiro atoms. The molecule has 0 heterocycles. The molecule has 0 atom stereocenters. The Bertz CT molecular complexity index is 114. The van der Waals surface area contributed by atoms with Gasteiger partial charge in [-0.05, 0) is 20.8 Å². The van der Waals surface area contributed by atoms with Gasteiger partial charge < -0.3 is 4.74 Å². The summed E-state index contributed by atoms with van der Waals surface area (Å²) in [6, 6.07) is 0. The quantitative estimate of drug-likeness (QED) is 0.310. The van der Waals surface area contributed by atoms with Crippen LogP contribution >= 0.6 is 27.2 Å². The van der Waals surface area contributed by atoms with Crippen molar-refractivity contribution in [2.45, 2.75) is 26.4 Å². The van der Waals surface area contributed by atoms with Crippen molar-refractivity contribution in [2.75, 3.05) is 5.33 Å². The molecule has 0 amide bonds. The molecule has 0 aliphatic rings. The first-order valence-corrected chi connectivity index (χ1v) is 14.3. The van der Waals surface area contributed by atoms with Gasteiger partial charge in [0.15, 0.2) is 0 Å². The van der Waals surface area contributed by atoms with Crippen molar-refractivity contribution in [2.24, 2.45) is 0 Å². The molecule has 0 saturated heterocycles. The Morgan fingerprint density at radius 1 is 1.55 bits per heavy atom. The van der Waals surface area contributed by atoms with E-state index in [1.807, 2.05) is 20.8 Å². The number of esters is 1. The van der Waals surface area contributed by atoms with Crippen LogP contribution in [0, 0.1) is 0 Å². The molecule has 0 aliphatic heterocycles. The summed E-state index contributed by atoms with van der Waals surface area (Å²) in [7, 11) is 0. The van der Waals surface area contributed by atoms with Crippen LogP contribution in [-0.4, -0.2) is 59.6 Å². The number of carbonyl (C=O) groups excluding carboxylic acids is 1. The van der Waals surface area contributed by atoms with Crippen LogP contribution in [-0.2, 0) is 9.53 Å². The number of hydrogen-bond donors (Lipinski definition) is 0. The molecule has 0 bridgehead atoms. The van der Waals surface area contributed by atoms with E-state index in [9.17, 15) is 4.79 Å². The first-order chi connectivity index (χ1) is 4.95. The molecule has 0 unspecified atom stereocenters. The Labute approximate surface area is 114 Å². The zero-order valence-corrected chi connectivity index (χ0v) is 14.1. The molecule has 0 aromatic rings. The standard InChI is InChI=1S/C6H11BrO2.HI.K/c1-6(2,3)9-5(8)4-7;;/h4H2,1-3H3;1H;/q;;+1/p-1. The van der Waals surface area contributed by atoms with Gasteiger partial charge in [-0.2, -0.15) is 0 Å². The summed E-state index contributed by atoms with van der Waals surface area (Å²) in [4.78, 5) is 10.6. The minimum absolute atomic E-state index is 0.220. The van der Waals surface area contributed by atoms with Crippen LogP contribution in [0.1, 0.15) is 20.8 Å². The third-order valence-corrected chi connectivity index (χ3v) is 0.987. The number of ether oxygens (including phenoxy) is 1. The first kappa shape index (κ1) is 15.8. The van der Waals surface area contributed by atoms with E-state index in [-0.39, 0.29) is 16.9 Å². The summed E-state index contributed by atoms with van der Waals surface area (Å²) >= 11 is 6.36. The zero-order chi connectivity index (χ0) is 9.49. The summed E-state index contributed by atoms with van der Waals surface area (Å²) in [6.45, 7) is 5.52. The van der Waals surface area contributed by atoms with E-state index >= 15 is 0 Å². The Balaban J connectivity index is 0. The summed E-state index contributed by atoms with van der Waals surface area (Å²) in [5.74, 6) is -0.220. The van der Waals surface area contributed by atoms with E-state index in [0.717, 1.165) is 42.7 Å². The Morgan fingerprint density at radius 3 is 2.00 bits per heavy atom. The van der Waals surface area contributed by atoms with E-state index in [1.165, 1.54) is 0 Å². The van der Waals surface area contributed by atoms with Crippen molar-refractivity contribution in [3.8, 4) is 0 Å². The van der Waals surface area contributed by atoms with Gasteiger partial charge in [0, 0.05) is 0 Å². The van der Waals surface area contributed by atoms with Gasteiger partial charge in [0.2, 0.25) is 0 Å². The van der Waals surface area contributed by atoms with E-state index in [1.54, 1.807) is 0 Å². The number of rotatable bonds is 1. The molecule has 0 fully saturated rings. The average Bonchev–Trinajstić information content (AvgIpc) is 1.89. The fourth-order valence-electron chi connectivity index (χ4n) is 0.369. The molecule has 0 saturated carbocycles. The van der Waals surface area contributed by atoms with E-state index < -0.39 is 0 Å². The summed E-state index contributed by atoms with van der Waals surface area (Å²) in [5, 5.41) is 0.268. The van der Waals surface area contributed by atoms with Crippen LogP contribution in [0.15, 0.2) is 0 Å². The van der Waals surface area contributed by atoms with Gasteiger partial charge in [0.1, 0.15) is 10.9 Å². The molecule has 0 aliphatic carbocycles. The van der Waals surface area contributed by atoms with Gasteiger partial charge in [0.25, 0.3) is 0 Å². The molecule has 0 rings (SSSR count). The molecule has 0 radical (unpaired) electrons. The van der Waals surface area contributed by atoms with Crippen LogP contribution in [0.5, 0.6) is 0 Å². The Morgan fingerprint density at radius 2 is 1.91 bits per heavy atom. The molecule has 0 N–H and O–H groups in total. The van der Waals surface area contributed by atoms with Crippen LogP contribution in [0.2, 0.25) is 0 Å². The molecule has 0 aromatic carbocycles. The molecule has 11 heavy (non-hydrogen) atoms. The minimum atomic E-state index is -0.356. The number of carbonyl (C=O) groups is 1. The predicted octanol–water partition coefficient (Wildman–Crippen LogP) is 2.23. The van der Waals surface area contributed by atoms with Crippen molar-refractivity contribution in [3.05, 3.63) is 0 Å². The van der Waals surface area contributed by atoms with Crippen LogP contribution in [0.25, 0.3) is 0 Å². The zero-order valence-electron chi connectivity index (χ0n) is 7.28. The maximum absolute atomic E-state index is 10.6. The molecule has 0 aromatic heterocycles. The van der Waals surface area contributed by atoms with Crippen LogP contribution in [0.4, 0.5) is 0 Å². The third-order valence-electron chi connectivity index (χ3n) is 0.529. The van der Waals surface area contributed by atoms with Gasteiger partial charge in [0.05, 0.1) is 0 Å². The predicted molar refractivity (Wildman–Crippen MR) is 59.4 cm³/mol. The monoisotopic (exact) mass is 360 g/mol. The van der Waals surface area contributed by atoms with Gasteiger partial charge in [-0.3, -0.25) is 4.79 Å². The fourth-order valence-corrected chi connectivity index (χ4v) is 0.483. The Kier molecular flexibility index (Phi) is 12.8. The number of hydrogen-bond acceptors (Lipinski definition) is 2. The van der Waals surface area contributed by atoms with Crippen molar-refractivity contribution in [1.29, 1.82) is 0 Å². The molecule has 2 nitrogen and oxygen atoms in total. The first-order valence-electron chi connectivity index (χ1n) is 3.11. The van der Waals surface area contributed by atoms with Gasteiger partial charge >= 0.3 is 60.0 Å². The van der Waals surface area contributed by atoms with E-state index in [0.29, 0.717) is 0 Å². The van der Waals surface area contributed by atoms with Crippen molar-refractivity contribution < 1.29 is 9.53 Å². The molecule has 62 valence electrons. The van der Waals surface area contributed by atoms with Crippen molar-refractivity contribution >= 4 is 75.9 Å². The molecular weight excluding hydrogens is 350 g/mol. The third kappa shape index (κ3) is 15.1. The SMILES string of the molecule is CC(C)(C)OC(=O)CBr.[K][I]. The van der Waals surface area contributed by atoms with Crippen LogP contribution in [0.3, 0.4) is 0 Å². The topological polar surface area (TPSA) is 26.3 Å². The van der Waals surface area contributed by atoms with E-state index in [2.05, 4.69) is 27.2 Å². The summed E-state index contributed by atoms with van der Waals surface area (Å²) in [5.41, 5.74) is -0.356. The van der Waals surface area contributed by atoms with Crippen molar-refractivity contribution in [1.82, 2.24) is 0 Å². The Hall–Kier alpha value is 2.32. The number of halogens is 2. The summed E-state index contributed by atoms with van der Waals surface area (Å²) in [6.07, 6.45) is 0. The van der Waals surface area contributed by atoms with Crippen molar-refractivity contribution in [3.63, 3.8) is 0 Å². The van der Waals surface area contributed by atoms with Gasteiger partial charge in [-0.15, -0.1) is 0 Å². The second-order valence-electron chi connectivity index (χ2n) is 2.72.